The van der Waals surface area contributed by atoms with E-state index in [4.69, 9.17) is 0 Å². The van der Waals surface area contributed by atoms with Gasteiger partial charge in [-0.25, -0.2) is 13.1 Å². The summed E-state index contributed by atoms with van der Waals surface area (Å²) in [6, 6.07) is 8.16. The van der Waals surface area contributed by atoms with Crippen molar-refractivity contribution in [3.63, 3.8) is 0 Å². The fraction of sp³-hybridized carbons (Fsp3) is 0.562. The van der Waals surface area contributed by atoms with Crippen molar-refractivity contribution in [1.29, 1.82) is 0 Å². The average molecular weight is 332 g/mol. The van der Waals surface area contributed by atoms with Crippen LogP contribution in [0, 0.1) is 0 Å². The minimum Gasteiger partial charge on any atom is -0.227 e. The molecule has 7 heteroatoms. The van der Waals surface area contributed by atoms with Crippen LogP contribution >= 0.6 is 0 Å². The number of fused-ring (bicyclic) bond motifs is 1. The third-order valence-corrected chi connectivity index (χ3v) is 7.46. The molecule has 122 valence electrons. The normalized spacial score (nSPS) is 22.6. The van der Waals surface area contributed by atoms with E-state index in [2.05, 4.69) is 15.5 Å². The number of benzene rings is 1. The summed E-state index contributed by atoms with van der Waals surface area (Å²) in [5, 5.41) is 10.6. The van der Waals surface area contributed by atoms with E-state index in [9.17, 15) is 8.42 Å². The molecule has 0 unspecified atom stereocenters. The Morgan fingerprint density at radius 3 is 2.78 bits per heavy atom. The number of nitrogens with zero attached hydrogens (tertiary/aromatic N) is 4. The second kappa shape index (κ2) is 5.40. The fourth-order valence-electron chi connectivity index (χ4n) is 3.49. The minimum atomic E-state index is -3.39. The van der Waals surface area contributed by atoms with Gasteiger partial charge in [-0.3, -0.25) is 0 Å². The maximum atomic E-state index is 13.2. The summed E-state index contributed by atoms with van der Waals surface area (Å²) in [5.74, 6) is 0.482. The second-order valence-corrected chi connectivity index (χ2v) is 8.98. The molecule has 2 aliphatic rings. The van der Waals surface area contributed by atoms with Gasteiger partial charge in [-0.1, -0.05) is 24.3 Å². The van der Waals surface area contributed by atoms with Crippen LogP contribution in [0.2, 0.25) is 0 Å². The summed E-state index contributed by atoms with van der Waals surface area (Å²) in [6.07, 6.45) is 4.58. The zero-order valence-electron chi connectivity index (χ0n) is 13.1. The molecule has 1 heterocycles. The van der Waals surface area contributed by atoms with E-state index in [1.807, 2.05) is 24.3 Å². The predicted molar refractivity (Wildman–Crippen MR) is 85.5 cm³/mol. The zero-order valence-corrected chi connectivity index (χ0v) is 13.9. The molecular weight excluding hydrogens is 312 g/mol. The maximum Gasteiger partial charge on any atom is 0.169 e. The van der Waals surface area contributed by atoms with Gasteiger partial charge in [0.05, 0.1) is 11.3 Å². The van der Waals surface area contributed by atoms with Crippen molar-refractivity contribution in [2.24, 2.45) is 0 Å². The topological polar surface area (TPSA) is 77.7 Å². The Hall–Kier alpha value is -1.76. The second-order valence-electron chi connectivity index (χ2n) is 6.52. The van der Waals surface area contributed by atoms with Crippen molar-refractivity contribution in [2.45, 2.75) is 55.6 Å². The molecule has 6 nitrogen and oxygen atoms in total. The van der Waals surface area contributed by atoms with Crippen molar-refractivity contribution in [2.75, 3.05) is 0 Å². The summed E-state index contributed by atoms with van der Waals surface area (Å²) in [5.41, 5.74) is 2.11. The molecule has 4 rings (SSSR count). The monoisotopic (exact) mass is 332 g/mol. The van der Waals surface area contributed by atoms with Gasteiger partial charge < -0.3 is 0 Å². The molecule has 0 aliphatic heterocycles. The Labute approximate surface area is 135 Å². The first-order valence-electron chi connectivity index (χ1n) is 8.17. The van der Waals surface area contributed by atoms with Crippen LogP contribution in [-0.2, 0) is 16.3 Å². The van der Waals surface area contributed by atoms with Crippen molar-refractivity contribution < 1.29 is 8.42 Å². The van der Waals surface area contributed by atoms with Crippen molar-refractivity contribution in [3.8, 4) is 0 Å². The number of sulfone groups is 1. The number of aromatic nitrogens is 4. The highest BCUT2D eigenvalue weighted by Gasteiger charge is 2.40. The van der Waals surface area contributed by atoms with Crippen LogP contribution in [0.3, 0.4) is 0 Å². The van der Waals surface area contributed by atoms with E-state index in [-0.39, 0.29) is 6.04 Å². The lowest BCUT2D eigenvalue weighted by Gasteiger charge is -2.27. The Balaban J connectivity index is 1.72. The molecule has 23 heavy (non-hydrogen) atoms. The summed E-state index contributed by atoms with van der Waals surface area (Å²) >= 11 is 0. The molecule has 0 N–H and O–H groups in total. The molecular formula is C16H20N4O2S. The molecule has 0 saturated heterocycles. The standard InChI is InChI=1S/C16H20N4O2S/c1-11(16-17-18-19-20(16)13-9-10-13)23(21,22)15-8-4-6-12-5-2-3-7-14(12)15/h2-3,5,7,11,13,15H,4,6,8-10H2,1H3/t11-,15-/m0/s1. The lowest BCUT2D eigenvalue weighted by Crippen LogP contribution is -2.25. The SMILES string of the molecule is C[C@@H](c1nnnn1C1CC1)S(=O)(=O)[C@H]1CCCc2ccccc21. The van der Waals surface area contributed by atoms with Gasteiger partial charge in [-0.05, 0) is 60.6 Å². The Morgan fingerprint density at radius 2 is 2.00 bits per heavy atom. The van der Waals surface area contributed by atoms with Gasteiger partial charge in [0.2, 0.25) is 0 Å². The van der Waals surface area contributed by atoms with E-state index >= 15 is 0 Å². The summed E-state index contributed by atoms with van der Waals surface area (Å²) in [4.78, 5) is 0. The predicted octanol–water partition coefficient (Wildman–Crippen LogP) is 2.56. The van der Waals surface area contributed by atoms with Crippen LogP contribution in [0.4, 0.5) is 0 Å². The van der Waals surface area contributed by atoms with Gasteiger partial charge in [-0.2, -0.15) is 0 Å². The highest BCUT2D eigenvalue weighted by molar-refractivity contribution is 7.91. The quantitative estimate of drug-likeness (QED) is 0.860. The van der Waals surface area contributed by atoms with E-state index < -0.39 is 20.3 Å². The molecule has 0 amide bonds. The number of hydrogen-bond acceptors (Lipinski definition) is 5. The van der Waals surface area contributed by atoms with Gasteiger partial charge in [-0.15, -0.1) is 5.10 Å². The zero-order chi connectivity index (χ0) is 16.0. The third kappa shape index (κ3) is 2.47. The average Bonchev–Trinajstić information content (AvgIpc) is 3.30. The van der Waals surface area contributed by atoms with Crippen molar-refractivity contribution in [3.05, 3.63) is 41.2 Å². The smallest absolute Gasteiger partial charge is 0.169 e. The van der Waals surface area contributed by atoms with Gasteiger partial charge in [0, 0.05) is 0 Å². The van der Waals surface area contributed by atoms with Crippen LogP contribution in [-0.4, -0.2) is 28.6 Å². The van der Waals surface area contributed by atoms with Crippen molar-refractivity contribution in [1.82, 2.24) is 20.2 Å². The molecule has 0 spiro atoms. The van der Waals surface area contributed by atoms with Crippen LogP contribution < -0.4 is 0 Å². The van der Waals surface area contributed by atoms with Gasteiger partial charge in [0.25, 0.3) is 0 Å². The van der Waals surface area contributed by atoms with E-state index in [1.54, 1.807) is 11.6 Å². The fourth-order valence-corrected chi connectivity index (χ4v) is 5.51. The molecule has 2 aromatic rings. The first kappa shape index (κ1) is 14.8. The largest absolute Gasteiger partial charge is 0.227 e. The summed E-state index contributed by atoms with van der Waals surface area (Å²) < 4.78 is 28.2. The first-order valence-corrected chi connectivity index (χ1v) is 9.78. The van der Waals surface area contributed by atoms with Crippen LogP contribution in [0.25, 0.3) is 0 Å². The summed E-state index contributed by atoms with van der Waals surface area (Å²) in [7, 11) is -3.39. The highest BCUT2D eigenvalue weighted by atomic mass is 32.2. The lowest BCUT2D eigenvalue weighted by atomic mass is 9.91. The number of rotatable bonds is 4. The molecule has 2 aliphatic carbocycles. The molecule has 1 aromatic carbocycles. The third-order valence-electron chi connectivity index (χ3n) is 4.98. The highest BCUT2D eigenvalue weighted by Crippen LogP contribution is 2.42. The Kier molecular flexibility index (Phi) is 3.48. The molecule has 2 atom stereocenters. The first-order chi connectivity index (χ1) is 11.1. The van der Waals surface area contributed by atoms with Crippen LogP contribution in [0.1, 0.15) is 66.1 Å². The molecule has 0 radical (unpaired) electrons. The molecule has 1 fully saturated rings. The van der Waals surface area contributed by atoms with Gasteiger partial charge in [0.1, 0.15) is 5.25 Å². The molecule has 1 saturated carbocycles. The van der Waals surface area contributed by atoms with Gasteiger partial charge in [0.15, 0.2) is 15.7 Å². The number of tetrazole rings is 1. The Bertz CT molecular complexity index is 826. The maximum absolute atomic E-state index is 13.2. The van der Waals surface area contributed by atoms with E-state index in [0.717, 1.165) is 36.8 Å². The minimum absolute atomic E-state index is 0.274. The number of aryl methyl sites for hydroxylation is 1. The Morgan fingerprint density at radius 1 is 1.22 bits per heavy atom. The molecule has 0 bridgehead atoms. The van der Waals surface area contributed by atoms with E-state index in [0.29, 0.717) is 12.2 Å². The van der Waals surface area contributed by atoms with Gasteiger partial charge >= 0.3 is 0 Å². The van der Waals surface area contributed by atoms with Crippen molar-refractivity contribution >= 4 is 9.84 Å². The number of hydrogen-bond donors (Lipinski definition) is 0. The van der Waals surface area contributed by atoms with Crippen LogP contribution in [0.5, 0.6) is 0 Å². The lowest BCUT2D eigenvalue weighted by molar-refractivity contribution is 0.534. The molecule has 1 aromatic heterocycles. The van der Waals surface area contributed by atoms with E-state index in [1.165, 1.54) is 0 Å². The van der Waals surface area contributed by atoms with Crippen LogP contribution in [0.15, 0.2) is 24.3 Å². The summed E-state index contributed by atoms with van der Waals surface area (Å²) in [6.45, 7) is 1.72.